The second-order valence-electron chi connectivity index (χ2n) is 10.3. The number of nitrogens with zero attached hydrogens (tertiary/aromatic N) is 3. The van der Waals surface area contributed by atoms with E-state index in [1.807, 2.05) is 30.3 Å². The number of hydrogen-bond donors (Lipinski definition) is 3. The highest BCUT2D eigenvalue weighted by molar-refractivity contribution is 6.08. The van der Waals surface area contributed by atoms with Crippen LogP contribution in [0.4, 0.5) is 5.69 Å². The first-order valence-electron chi connectivity index (χ1n) is 13.2. The van der Waals surface area contributed by atoms with Crippen LogP contribution in [0, 0.1) is 16.0 Å². The van der Waals surface area contributed by atoms with Crippen LogP contribution in [0.15, 0.2) is 70.9 Å². The van der Waals surface area contributed by atoms with Crippen molar-refractivity contribution < 1.29 is 19.6 Å². The maximum atomic E-state index is 13.4. The smallest absolute Gasteiger partial charge is 0.269 e. The van der Waals surface area contributed by atoms with Gasteiger partial charge in [0, 0.05) is 54.7 Å². The fourth-order valence-corrected chi connectivity index (χ4v) is 5.65. The van der Waals surface area contributed by atoms with Crippen LogP contribution in [-0.4, -0.2) is 58.6 Å². The van der Waals surface area contributed by atoms with Gasteiger partial charge in [-0.1, -0.05) is 42.5 Å². The highest BCUT2D eigenvalue weighted by Crippen LogP contribution is 2.39. The molecule has 1 fully saturated rings. The first kappa shape index (κ1) is 28.1. The molecule has 2 aromatic rings. The van der Waals surface area contributed by atoms with Gasteiger partial charge in [-0.2, -0.15) is 0 Å². The van der Waals surface area contributed by atoms with Gasteiger partial charge in [-0.15, -0.1) is 0 Å². The second-order valence-corrected chi connectivity index (χ2v) is 10.3. The predicted molar refractivity (Wildman–Crippen MR) is 148 cm³/mol. The topological polar surface area (TPSA) is 151 Å². The zero-order valence-electron chi connectivity index (χ0n) is 22.3. The van der Waals surface area contributed by atoms with E-state index in [0.29, 0.717) is 48.4 Å². The van der Waals surface area contributed by atoms with Gasteiger partial charge in [-0.3, -0.25) is 24.7 Å². The van der Waals surface area contributed by atoms with Crippen LogP contribution in [0.1, 0.15) is 50.2 Å². The summed E-state index contributed by atoms with van der Waals surface area (Å²) in [6, 6.07) is 15.6. The zero-order valence-corrected chi connectivity index (χ0v) is 22.3. The van der Waals surface area contributed by atoms with Crippen molar-refractivity contribution in [2.45, 2.75) is 44.6 Å². The standard InChI is InChI=1S/C29H35N5O5/c1-19-24(27(30)35)26(21-9-11-23(12-10-21)34(38)39)25(20(2)32-19)28(36)31-15-6-16-33-17-13-29(37,14-18-33)22-7-4-3-5-8-22/h3-5,7-12,24,26,37H,6,13-18H2,1-2H3,(H2,30,35)(H,31,36). The normalized spacial score (nSPS) is 21.3. The Kier molecular flexibility index (Phi) is 8.57. The molecule has 0 bridgehead atoms. The van der Waals surface area contributed by atoms with Crippen molar-refractivity contribution in [3.63, 3.8) is 0 Å². The Morgan fingerprint density at radius 1 is 1.13 bits per heavy atom. The zero-order chi connectivity index (χ0) is 28.2. The van der Waals surface area contributed by atoms with Crippen molar-refractivity contribution in [1.82, 2.24) is 10.2 Å². The molecule has 4 N–H and O–H groups in total. The van der Waals surface area contributed by atoms with E-state index in [-0.39, 0.29) is 11.6 Å². The fraction of sp³-hybridized carbons (Fsp3) is 0.414. The predicted octanol–water partition coefficient (Wildman–Crippen LogP) is 3.02. The van der Waals surface area contributed by atoms with Crippen LogP contribution in [0.2, 0.25) is 0 Å². The molecule has 2 unspecified atom stereocenters. The number of carbonyl (C=O) groups excluding carboxylic acids is 2. The number of aliphatic hydroxyl groups is 1. The third kappa shape index (κ3) is 6.23. The molecule has 0 spiro atoms. The number of aliphatic imine (C=N–C) groups is 1. The Balaban J connectivity index is 1.39. The van der Waals surface area contributed by atoms with Gasteiger partial charge in [0.05, 0.1) is 16.4 Å². The maximum absolute atomic E-state index is 13.4. The number of likely N-dealkylation sites (tertiary alicyclic amines) is 1. The Hall–Kier alpha value is -3.89. The largest absolute Gasteiger partial charge is 0.385 e. The van der Waals surface area contributed by atoms with Crippen LogP contribution in [0.25, 0.3) is 0 Å². The van der Waals surface area contributed by atoms with Crippen LogP contribution >= 0.6 is 0 Å². The number of non-ortho nitro benzene ring substituents is 1. The number of nitro groups is 1. The van der Waals surface area contributed by atoms with Gasteiger partial charge < -0.3 is 21.1 Å². The summed E-state index contributed by atoms with van der Waals surface area (Å²) >= 11 is 0. The number of nitro benzene ring substituents is 1. The lowest BCUT2D eigenvalue weighted by Gasteiger charge is -2.38. The highest BCUT2D eigenvalue weighted by atomic mass is 16.6. The molecule has 4 rings (SSSR count). The lowest BCUT2D eigenvalue weighted by atomic mass is 9.75. The van der Waals surface area contributed by atoms with Crippen LogP contribution in [0.5, 0.6) is 0 Å². The quantitative estimate of drug-likeness (QED) is 0.256. The van der Waals surface area contributed by atoms with Gasteiger partial charge in [0.2, 0.25) is 11.8 Å². The van der Waals surface area contributed by atoms with Crippen LogP contribution in [-0.2, 0) is 15.2 Å². The number of piperidine rings is 1. The molecule has 0 aromatic heterocycles. The molecule has 10 heteroatoms. The number of amides is 2. The average molecular weight is 534 g/mol. The van der Waals surface area contributed by atoms with Crippen molar-refractivity contribution in [2.75, 3.05) is 26.2 Å². The van der Waals surface area contributed by atoms with Crippen LogP contribution < -0.4 is 11.1 Å². The van der Waals surface area contributed by atoms with E-state index in [1.54, 1.807) is 26.0 Å². The van der Waals surface area contributed by atoms with Crippen molar-refractivity contribution in [3.05, 3.63) is 87.1 Å². The molecule has 2 heterocycles. The summed E-state index contributed by atoms with van der Waals surface area (Å²) in [5.74, 6) is -2.49. The number of carbonyl (C=O) groups is 2. The van der Waals surface area contributed by atoms with Gasteiger partial charge in [0.15, 0.2) is 0 Å². The van der Waals surface area contributed by atoms with Gasteiger partial charge in [-0.25, -0.2) is 0 Å². The lowest BCUT2D eigenvalue weighted by Crippen LogP contribution is -2.43. The molecule has 0 radical (unpaired) electrons. The molecule has 0 aliphatic carbocycles. The van der Waals surface area contributed by atoms with Crippen molar-refractivity contribution in [3.8, 4) is 0 Å². The van der Waals surface area contributed by atoms with Gasteiger partial charge in [0.25, 0.3) is 5.69 Å². The molecule has 1 saturated heterocycles. The van der Waals surface area contributed by atoms with Crippen molar-refractivity contribution >= 4 is 23.2 Å². The molecule has 206 valence electrons. The molecule has 0 saturated carbocycles. The van der Waals surface area contributed by atoms with E-state index in [2.05, 4.69) is 15.2 Å². The number of primary amides is 1. The number of nitrogens with two attached hydrogens (primary N) is 1. The summed E-state index contributed by atoms with van der Waals surface area (Å²) in [5.41, 5.74) is 7.70. The van der Waals surface area contributed by atoms with Crippen molar-refractivity contribution in [1.29, 1.82) is 0 Å². The minimum absolute atomic E-state index is 0.0813. The second kappa shape index (κ2) is 11.9. The number of nitrogens with one attached hydrogen (secondary N) is 1. The van der Waals surface area contributed by atoms with Gasteiger partial charge in [0.1, 0.15) is 0 Å². The van der Waals surface area contributed by atoms with E-state index in [1.165, 1.54) is 12.1 Å². The summed E-state index contributed by atoms with van der Waals surface area (Å²) in [6.45, 7) is 6.14. The fourth-order valence-electron chi connectivity index (χ4n) is 5.65. The number of benzene rings is 2. The number of hydrogen-bond acceptors (Lipinski definition) is 7. The molecular formula is C29H35N5O5. The van der Waals surface area contributed by atoms with Gasteiger partial charge >= 0.3 is 0 Å². The Morgan fingerprint density at radius 2 is 1.77 bits per heavy atom. The van der Waals surface area contributed by atoms with Crippen molar-refractivity contribution in [2.24, 2.45) is 16.6 Å². The molecule has 39 heavy (non-hydrogen) atoms. The molecule has 2 amide bonds. The third-order valence-electron chi connectivity index (χ3n) is 7.77. The minimum atomic E-state index is -0.840. The molecular weight excluding hydrogens is 498 g/mol. The Morgan fingerprint density at radius 3 is 2.36 bits per heavy atom. The minimum Gasteiger partial charge on any atom is -0.385 e. The summed E-state index contributed by atoms with van der Waals surface area (Å²) in [5, 5.41) is 25.1. The number of allylic oxidation sites excluding steroid dienone is 1. The molecule has 2 aliphatic heterocycles. The van der Waals surface area contributed by atoms with Crippen LogP contribution in [0.3, 0.4) is 0 Å². The monoisotopic (exact) mass is 533 g/mol. The van der Waals surface area contributed by atoms with E-state index in [0.717, 1.165) is 25.2 Å². The lowest BCUT2D eigenvalue weighted by molar-refractivity contribution is -0.384. The third-order valence-corrected chi connectivity index (χ3v) is 7.77. The average Bonchev–Trinajstić information content (AvgIpc) is 2.92. The van der Waals surface area contributed by atoms with E-state index < -0.39 is 28.3 Å². The SMILES string of the molecule is CC1=NC(C)=C(C(=O)NCCCN2CCC(O)(c3ccccc3)CC2)C(c2ccc([N+](=O)[O-])cc2)C1C(N)=O. The van der Waals surface area contributed by atoms with E-state index >= 15 is 0 Å². The summed E-state index contributed by atoms with van der Waals surface area (Å²) in [7, 11) is 0. The Labute approximate surface area is 227 Å². The Bertz CT molecular complexity index is 1280. The molecule has 2 aromatic carbocycles. The first-order chi connectivity index (χ1) is 18.6. The maximum Gasteiger partial charge on any atom is 0.269 e. The highest BCUT2D eigenvalue weighted by Gasteiger charge is 2.40. The molecule has 10 nitrogen and oxygen atoms in total. The summed E-state index contributed by atoms with van der Waals surface area (Å²) < 4.78 is 0. The van der Waals surface area contributed by atoms with Gasteiger partial charge in [-0.05, 0) is 50.8 Å². The molecule has 2 atom stereocenters. The summed E-state index contributed by atoms with van der Waals surface area (Å²) in [6.07, 6.45) is 2.02. The molecule has 2 aliphatic rings. The first-order valence-corrected chi connectivity index (χ1v) is 13.2. The number of rotatable bonds is 9. The summed E-state index contributed by atoms with van der Waals surface area (Å²) in [4.78, 5) is 43.2. The van der Waals surface area contributed by atoms with E-state index in [9.17, 15) is 24.8 Å². The van der Waals surface area contributed by atoms with E-state index in [4.69, 9.17) is 5.73 Å².